The molecule has 0 heterocycles. The summed E-state index contributed by atoms with van der Waals surface area (Å²) in [5.74, 6) is 0.517. The van der Waals surface area contributed by atoms with Crippen molar-refractivity contribution in [1.29, 1.82) is 0 Å². The molecule has 0 unspecified atom stereocenters. The first-order valence-corrected chi connectivity index (χ1v) is 5.20. The summed E-state index contributed by atoms with van der Waals surface area (Å²) < 4.78 is 9.75. The number of methoxy groups -OCH3 is 1. The molecule has 1 aromatic rings. The van der Waals surface area contributed by atoms with E-state index in [2.05, 4.69) is 5.32 Å². The zero-order valence-corrected chi connectivity index (χ0v) is 11.1. The number of nitrogens with one attached hydrogen (secondary N) is 1. The third-order valence-corrected chi connectivity index (χ3v) is 1.94. The summed E-state index contributed by atoms with van der Waals surface area (Å²) in [4.78, 5) is 11.1. The van der Waals surface area contributed by atoms with Crippen LogP contribution in [-0.4, -0.2) is 19.7 Å². The lowest BCUT2D eigenvalue weighted by Crippen LogP contribution is -2.12. The van der Waals surface area contributed by atoms with Crippen LogP contribution >= 0.6 is 12.4 Å². The number of esters is 1. The van der Waals surface area contributed by atoms with Gasteiger partial charge in [-0.25, -0.2) is 4.79 Å². The lowest BCUT2D eigenvalue weighted by molar-refractivity contribution is -0.137. The molecule has 0 saturated heterocycles. The monoisotopic (exact) mass is 272 g/mol. The molecule has 0 fully saturated rings. The molecule has 0 aliphatic carbocycles. The molecule has 0 spiro atoms. The van der Waals surface area contributed by atoms with Crippen molar-refractivity contribution in [2.24, 2.45) is 5.73 Å². The summed E-state index contributed by atoms with van der Waals surface area (Å²) in [5, 5.41) is 2.86. The van der Waals surface area contributed by atoms with Gasteiger partial charge in [0, 0.05) is 5.69 Å². The van der Waals surface area contributed by atoms with Crippen molar-refractivity contribution in [2.75, 3.05) is 19.0 Å². The van der Waals surface area contributed by atoms with E-state index in [4.69, 9.17) is 15.2 Å². The van der Waals surface area contributed by atoms with Crippen molar-refractivity contribution in [3.8, 4) is 5.75 Å². The van der Waals surface area contributed by atoms with Gasteiger partial charge in [0.15, 0.2) is 0 Å². The molecule has 6 heteroatoms. The van der Waals surface area contributed by atoms with Crippen LogP contribution in [-0.2, 0) is 9.53 Å². The van der Waals surface area contributed by atoms with E-state index in [9.17, 15) is 4.79 Å². The average molecular weight is 273 g/mol. The Kier molecular flexibility index (Phi) is 7.38. The van der Waals surface area contributed by atoms with Crippen LogP contribution in [0.25, 0.3) is 0 Å². The van der Waals surface area contributed by atoms with Gasteiger partial charge in [0.25, 0.3) is 0 Å². The predicted octanol–water partition coefficient (Wildman–Crippen LogP) is 1.89. The Balaban J connectivity index is 0.00000289. The van der Waals surface area contributed by atoms with Crippen LogP contribution in [0.15, 0.2) is 36.2 Å². The van der Waals surface area contributed by atoms with Gasteiger partial charge < -0.3 is 20.5 Å². The van der Waals surface area contributed by atoms with E-state index in [1.165, 1.54) is 6.08 Å². The first-order valence-electron chi connectivity index (χ1n) is 5.20. The number of carbonyl (C=O) groups is 1. The third kappa shape index (κ3) is 5.45. The first kappa shape index (κ1) is 16.1. The van der Waals surface area contributed by atoms with Gasteiger partial charge in [0.1, 0.15) is 11.6 Å². The number of anilines is 1. The largest absolute Gasteiger partial charge is 0.497 e. The minimum Gasteiger partial charge on any atom is -0.497 e. The second kappa shape index (κ2) is 8.25. The Labute approximate surface area is 112 Å². The van der Waals surface area contributed by atoms with E-state index in [0.29, 0.717) is 6.61 Å². The molecular formula is C12H17ClN2O3. The van der Waals surface area contributed by atoms with Crippen LogP contribution in [0, 0.1) is 0 Å². The highest BCUT2D eigenvalue weighted by Gasteiger charge is 1.99. The Morgan fingerprint density at radius 1 is 1.39 bits per heavy atom. The lowest BCUT2D eigenvalue weighted by Gasteiger charge is -2.07. The summed E-state index contributed by atoms with van der Waals surface area (Å²) in [6.45, 7) is 2.06. The second-order valence-corrected chi connectivity index (χ2v) is 3.21. The highest BCUT2D eigenvalue weighted by atomic mass is 35.5. The predicted molar refractivity (Wildman–Crippen MR) is 72.8 cm³/mol. The summed E-state index contributed by atoms with van der Waals surface area (Å²) in [6, 6.07) is 7.18. The topological polar surface area (TPSA) is 73.6 Å². The standard InChI is InChI=1S/C12H16N2O3.ClH/c1-3-17-12(15)8-11(13)14-9-4-6-10(16-2)7-5-9;/h4-8,14H,3,13H2,1-2H3;1H/b11-8-;. The van der Waals surface area contributed by atoms with E-state index in [0.717, 1.165) is 11.4 Å². The maximum absolute atomic E-state index is 11.1. The van der Waals surface area contributed by atoms with Gasteiger partial charge in [0.2, 0.25) is 0 Å². The van der Waals surface area contributed by atoms with Gasteiger partial charge in [-0.15, -0.1) is 12.4 Å². The number of rotatable bonds is 5. The SMILES string of the molecule is CCOC(=O)/C=C(/N)Nc1ccc(OC)cc1.Cl. The van der Waals surface area contributed by atoms with Crippen molar-refractivity contribution >= 4 is 24.1 Å². The van der Waals surface area contributed by atoms with Crippen molar-refractivity contribution in [3.63, 3.8) is 0 Å². The van der Waals surface area contributed by atoms with E-state index >= 15 is 0 Å². The number of hydrogen-bond acceptors (Lipinski definition) is 5. The Morgan fingerprint density at radius 2 is 2.00 bits per heavy atom. The van der Waals surface area contributed by atoms with Gasteiger partial charge in [-0.2, -0.15) is 0 Å². The Hall–Kier alpha value is -1.88. The molecule has 18 heavy (non-hydrogen) atoms. The smallest absolute Gasteiger partial charge is 0.334 e. The van der Waals surface area contributed by atoms with Crippen molar-refractivity contribution in [3.05, 3.63) is 36.2 Å². The number of benzene rings is 1. The molecular weight excluding hydrogens is 256 g/mol. The quantitative estimate of drug-likeness (QED) is 0.633. The van der Waals surface area contributed by atoms with Crippen LogP contribution in [0.2, 0.25) is 0 Å². The van der Waals surface area contributed by atoms with Gasteiger partial charge in [-0.1, -0.05) is 0 Å². The summed E-state index contributed by atoms with van der Waals surface area (Å²) in [6.07, 6.45) is 1.20. The minimum atomic E-state index is -0.467. The molecule has 0 atom stereocenters. The van der Waals surface area contributed by atoms with Crippen LogP contribution in [0.4, 0.5) is 5.69 Å². The summed E-state index contributed by atoms with van der Waals surface area (Å²) in [5.41, 5.74) is 6.39. The summed E-state index contributed by atoms with van der Waals surface area (Å²) in [7, 11) is 1.59. The molecule has 0 bridgehead atoms. The molecule has 0 amide bonds. The number of halogens is 1. The highest BCUT2D eigenvalue weighted by molar-refractivity contribution is 5.85. The van der Waals surface area contributed by atoms with Crippen molar-refractivity contribution < 1.29 is 14.3 Å². The second-order valence-electron chi connectivity index (χ2n) is 3.21. The van der Waals surface area contributed by atoms with Crippen LogP contribution in [0.3, 0.4) is 0 Å². The number of carbonyl (C=O) groups excluding carboxylic acids is 1. The molecule has 0 radical (unpaired) electrons. The average Bonchev–Trinajstić information content (AvgIpc) is 2.30. The van der Waals surface area contributed by atoms with Gasteiger partial charge in [-0.3, -0.25) is 0 Å². The molecule has 0 aromatic heterocycles. The van der Waals surface area contributed by atoms with Crippen molar-refractivity contribution in [2.45, 2.75) is 6.92 Å². The normalized spacial score (nSPS) is 10.2. The number of ether oxygens (including phenoxy) is 2. The van der Waals surface area contributed by atoms with E-state index in [1.807, 2.05) is 0 Å². The fraction of sp³-hybridized carbons (Fsp3) is 0.250. The van der Waals surface area contributed by atoms with Gasteiger partial charge in [-0.05, 0) is 31.2 Å². The van der Waals surface area contributed by atoms with Crippen molar-refractivity contribution in [1.82, 2.24) is 0 Å². The molecule has 3 N–H and O–H groups in total. The van der Waals surface area contributed by atoms with Crippen LogP contribution in [0.1, 0.15) is 6.92 Å². The number of nitrogens with two attached hydrogens (primary N) is 1. The van der Waals surface area contributed by atoms with Gasteiger partial charge in [0.05, 0.1) is 19.8 Å². The van der Waals surface area contributed by atoms with Crippen LogP contribution in [0.5, 0.6) is 5.75 Å². The molecule has 1 aromatic carbocycles. The molecule has 100 valence electrons. The Bertz CT molecular complexity index is 404. The fourth-order valence-corrected chi connectivity index (χ4v) is 1.19. The molecule has 0 saturated carbocycles. The first-order chi connectivity index (χ1) is 8.15. The zero-order valence-electron chi connectivity index (χ0n) is 10.3. The maximum Gasteiger partial charge on any atom is 0.334 e. The lowest BCUT2D eigenvalue weighted by atomic mass is 10.3. The minimum absolute atomic E-state index is 0. The van der Waals surface area contributed by atoms with E-state index in [1.54, 1.807) is 38.3 Å². The molecule has 0 aliphatic rings. The molecule has 5 nitrogen and oxygen atoms in total. The number of hydrogen-bond donors (Lipinski definition) is 2. The summed E-state index contributed by atoms with van der Waals surface area (Å²) >= 11 is 0. The maximum atomic E-state index is 11.1. The zero-order chi connectivity index (χ0) is 12.7. The third-order valence-electron chi connectivity index (χ3n) is 1.94. The van der Waals surface area contributed by atoms with E-state index < -0.39 is 5.97 Å². The fourth-order valence-electron chi connectivity index (χ4n) is 1.19. The highest BCUT2D eigenvalue weighted by Crippen LogP contribution is 2.15. The molecule has 1 rings (SSSR count). The van der Waals surface area contributed by atoms with Gasteiger partial charge >= 0.3 is 5.97 Å². The molecule has 0 aliphatic heterocycles. The van der Waals surface area contributed by atoms with Crippen LogP contribution < -0.4 is 15.8 Å². The Morgan fingerprint density at radius 3 is 2.50 bits per heavy atom. The van der Waals surface area contributed by atoms with E-state index in [-0.39, 0.29) is 18.2 Å².